The Morgan fingerprint density at radius 1 is 1.29 bits per heavy atom. The molecule has 1 fully saturated rings. The molecule has 1 saturated carbocycles. The van der Waals surface area contributed by atoms with Crippen molar-refractivity contribution in [1.82, 2.24) is 4.90 Å². The first kappa shape index (κ1) is 18.8. The summed E-state index contributed by atoms with van der Waals surface area (Å²) in [6.07, 6.45) is -0.679. The van der Waals surface area contributed by atoms with Crippen LogP contribution in [0.1, 0.15) is 44.2 Å². The monoisotopic (exact) mass is 343 g/mol. The summed E-state index contributed by atoms with van der Waals surface area (Å²) >= 11 is 0. The van der Waals surface area contributed by atoms with Crippen molar-refractivity contribution in [3.05, 3.63) is 35.9 Å². The van der Waals surface area contributed by atoms with Gasteiger partial charge in [-0.3, -0.25) is 4.79 Å². The predicted molar refractivity (Wildman–Crippen MR) is 85.4 cm³/mol. The van der Waals surface area contributed by atoms with E-state index in [-0.39, 0.29) is 18.3 Å². The van der Waals surface area contributed by atoms with E-state index in [1.807, 2.05) is 0 Å². The Kier molecular flexibility index (Phi) is 6.27. The average Bonchev–Trinajstić information content (AvgIpc) is 2.52. The molecule has 0 bridgehead atoms. The van der Waals surface area contributed by atoms with Crippen molar-refractivity contribution in [1.29, 1.82) is 0 Å². The van der Waals surface area contributed by atoms with E-state index in [0.717, 1.165) is 30.6 Å². The highest BCUT2D eigenvalue weighted by molar-refractivity contribution is 5.77. The van der Waals surface area contributed by atoms with Gasteiger partial charge in [0, 0.05) is 7.05 Å². The predicted octanol–water partition coefficient (Wildman–Crippen LogP) is 4.34. The summed E-state index contributed by atoms with van der Waals surface area (Å²) in [6.45, 7) is 1.81. The molecule has 2 rings (SSSR count). The van der Waals surface area contributed by atoms with Gasteiger partial charge in [-0.05, 0) is 24.3 Å². The second-order valence-electron chi connectivity index (χ2n) is 6.56. The number of nitrogens with zero attached hydrogens (tertiary/aromatic N) is 1. The van der Waals surface area contributed by atoms with Crippen molar-refractivity contribution in [3.63, 3.8) is 0 Å². The minimum Gasteiger partial charge on any atom is -0.368 e. The Hall–Kier alpha value is -1.56. The lowest BCUT2D eigenvalue weighted by atomic mass is 9.89. The molecule has 0 heterocycles. The van der Waals surface area contributed by atoms with Crippen LogP contribution in [0.2, 0.25) is 0 Å². The highest BCUT2D eigenvalue weighted by Gasteiger charge is 2.45. The standard InChI is InChI=1S/C18H24F3NO2/c1-13-7-6-10-15(11-13)24-12-16(23)22(2)17(18(19,20)21)14-8-4-3-5-9-14/h3-5,8-9,13,15,17H,6-7,10-12H2,1-2H3. The summed E-state index contributed by atoms with van der Waals surface area (Å²) in [5.74, 6) is -0.122. The van der Waals surface area contributed by atoms with Crippen LogP contribution in [0.5, 0.6) is 0 Å². The van der Waals surface area contributed by atoms with Gasteiger partial charge in [0.15, 0.2) is 6.04 Å². The van der Waals surface area contributed by atoms with Gasteiger partial charge in [0.05, 0.1) is 6.10 Å². The molecule has 0 saturated heterocycles. The molecule has 24 heavy (non-hydrogen) atoms. The number of hydrogen-bond donors (Lipinski definition) is 0. The SMILES string of the molecule is CC1CCCC(OCC(=O)N(C)C(c2ccccc2)C(F)(F)F)C1. The first-order valence-electron chi connectivity index (χ1n) is 8.28. The van der Waals surface area contributed by atoms with Gasteiger partial charge in [-0.1, -0.05) is 50.1 Å². The highest BCUT2D eigenvalue weighted by Crippen LogP contribution is 2.37. The van der Waals surface area contributed by atoms with E-state index in [2.05, 4.69) is 6.92 Å². The third-order valence-corrected chi connectivity index (χ3v) is 4.54. The molecule has 0 N–H and O–H groups in total. The van der Waals surface area contributed by atoms with Crippen molar-refractivity contribution in [2.45, 2.75) is 50.9 Å². The Morgan fingerprint density at radius 3 is 2.54 bits per heavy atom. The number of carbonyl (C=O) groups is 1. The zero-order chi connectivity index (χ0) is 17.7. The van der Waals surface area contributed by atoms with Gasteiger partial charge in [-0.25, -0.2) is 0 Å². The van der Waals surface area contributed by atoms with Crippen LogP contribution in [-0.2, 0) is 9.53 Å². The molecule has 3 atom stereocenters. The number of hydrogen-bond acceptors (Lipinski definition) is 2. The summed E-state index contributed by atoms with van der Waals surface area (Å²) in [4.78, 5) is 13.0. The number of amides is 1. The van der Waals surface area contributed by atoms with Gasteiger partial charge in [0.2, 0.25) is 5.91 Å². The molecule has 0 aromatic heterocycles. The second-order valence-corrected chi connectivity index (χ2v) is 6.56. The smallest absolute Gasteiger partial charge is 0.368 e. The van der Waals surface area contributed by atoms with Crippen LogP contribution in [-0.4, -0.2) is 36.7 Å². The summed E-state index contributed by atoms with van der Waals surface area (Å²) in [5, 5.41) is 0. The lowest BCUT2D eigenvalue weighted by Crippen LogP contribution is -2.42. The van der Waals surface area contributed by atoms with Gasteiger partial charge in [-0.2, -0.15) is 13.2 Å². The third-order valence-electron chi connectivity index (χ3n) is 4.54. The summed E-state index contributed by atoms with van der Waals surface area (Å²) in [5.41, 5.74) is 0.0483. The molecule has 134 valence electrons. The number of likely N-dealkylation sites (N-methyl/N-ethyl adjacent to an activating group) is 1. The van der Waals surface area contributed by atoms with Crippen molar-refractivity contribution < 1.29 is 22.7 Å². The molecule has 1 amide bonds. The van der Waals surface area contributed by atoms with Gasteiger partial charge in [0.25, 0.3) is 0 Å². The molecule has 3 nitrogen and oxygen atoms in total. The van der Waals surface area contributed by atoms with Crippen molar-refractivity contribution in [2.75, 3.05) is 13.7 Å². The molecule has 0 radical (unpaired) electrons. The minimum atomic E-state index is -4.54. The number of rotatable bonds is 5. The van der Waals surface area contributed by atoms with Crippen LogP contribution in [0, 0.1) is 5.92 Å². The maximum atomic E-state index is 13.4. The zero-order valence-electron chi connectivity index (χ0n) is 14.1. The zero-order valence-corrected chi connectivity index (χ0v) is 14.1. The molecule has 1 aliphatic carbocycles. The van der Waals surface area contributed by atoms with Gasteiger partial charge < -0.3 is 9.64 Å². The van der Waals surface area contributed by atoms with E-state index < -0.39 is 18.1 Å². The normalized spacial score (nSPS) is 22.9. The van der Waals surface area contributed by atoms with Crippen LogP contribution < -0.4 is 0 Å². The molecule has 1 aromatic carbocycles. The molecule has 1 aliphatic rings. The van der Waals surface area contributed by atoms with E-state index in [1.165, 1.54) is 31.3 Å². The van der Waals surface area contributed by atoms with Crippen LogP contribution >= 0.6 is 0 Å². The Bertz CT molecular complexity index is 533. The largest absolute Gasteiger partial charge is 0.413 e. The molecular weight excluding hydrogens is 319 g/mol. The van der Waals surface area contributed by atoms with Gasteiger partial charge in [0.1, 0.15) is 6.61 Å². The highest BCUT2D eigenvalue weighted by atomic mass is 19.4. The molecule has 3 unspecified atom stereocenters. The van der Waals surface area contributed by atoms with Gasteiger partial charge >= 0.3 is 6.18 Å². The van der Waals surface area contributed by atoms with Gasteiger partial charge in [-0.15, -0.1) is 0 Å². The third kappa shape index (κ3) is 4.97. The molecule has 6 heteroatoms. The summed E-state index contributed by atoms with van der Waals surface area (Å²) in [7, 11) is 1.18. The van der Waals surface area contributed by atoms with E-state index in [9.17, 15) is 18.0 Å². The number of alkyl halides is 3. The van der Waals surface area contributed by atoms with Crippen LogP contribution in [0.3, 0.4) is 0 Å². The van der Waals surface area contributed by atoms with Crippen molar-refractivity contribution in [2.24, 2.45) is 5.92 Å². The topological polar surface area (TPSA) is 29.5 Å². The quantitative estimate of drug-likeness (QED) is 0.796. The maximum Gasteiger partial charge on any atom is 0.413 e. The van der Waals surface area contributed by atoms with E-state index >= 15 is 0 Å². The summed E-state index contributed by atoms with van der Waals surface area (Å²) in [6, 6.07) is 5.52. The summed E-state index contributed by atoms with van der Waals surface area (Å²) < 4.78 is 45.9. The molecule has 1 aromatic rings. The van der Waals surface area contributed by atoms with Crippen LogP contribution in [0.25, 0.3) is 0 Å². The minimum absolute atomic E-state index is 0.0350. The molecule has 0 aliphatic heterocycles. The first-order chi connectivity index (χ1) is 11.3. The number of ether oxygens (including phenoxy) is 1. The van der Waals surface area contributed by atoms with Crippen molar-refractivity contribution >= 4 is 5.91 Å². The van der Waals surface area contributed by atoms with E-state index in [0.29, 0.717) is 5.92 Å². The van der Waals surface area contributed by atoms with Crippen molar-refractivity contribution in [3.8, 4) is 0 Å². The Balaban J connectivity index is 2.01. The lowest BCUT2D eigenvalue weighted by Gasteiger charge is -2.31. The Morgan fingerprint density at radius 2 is 1.96 bits per heavy atom. The molecular formula is C18H24F3NO2. The average molecular weight is 343 g/mol. The number of benzene rings is 1. The fourth-order valence-electron chi connectivity index (χ4n) is 3.23. The van der Waals surface area contributed by atoms with Crippen LogP contribution in [0.15, 0.2) is 30.3 Å². The Labute approximate surface area is 140 Å². The first-order valence-corrected chi connectivity index (χ1v) is 8.28. The number of halogens is 3. The lowest BCUT2D eigenvalue weighted by molar-refractivity contribution is -0.191. The van der Waals surface area contributed by atoms with Crippen LogP contribution in [0.4, 0.5) is 13.2 Å². The molecule has 0 spiro atoms. The fraction of sp³-hybridized carbons (Fsp3) is 0.611. The van der Waals surface area contributed by atoms with E-state index in [4.69, 9.17) is 4.74 Å². The van der Waals surface area contributed by atoms with E-state index in [1.54, 1.807) is 6.07 Å². The fourth-order valence-corrected chi connectivity index (χ4v) is 3.23. The number of carbonyl (C=O) groups excluding carboxylic acids is 1. The maximum absolute atomic E-state index is 13.4. The second kappa shape index (κ2) is 8.01.